The van der Waals surface area contributed by atoms with Gasteiger partial charge in [0.1, 0.15) is 5.75 Å². The quantitative estimate of drug-likeness (QED) is 0.410. The van der Waals surface area contributed by atoms with Crippen molar-refractivity contribution in [2.24, 2.45) is 0 Å². The van der Waals surface area contributed by atoms with Crippen LogP contribution in [0.1, 0.15) is 36.2 Å². The second kappa shape index (κ2) is 9.23. The summed E-state index contributed by atoms with van der Waals surface area (Å²) in [6.07, 6.45) is 0.416. The van der Waals surface area contributed by atoms with Crippen molar-refractivity contribution in [1.29, 1.82) is 5.26 Å². The van der Waals surface area contributed by atoms with Crippen LogP contribution in [0.3, 0.4) is 0 Å². The van der Waals surface area contributed by atoms with Gasteiger partial charge in [-0.05, 0) is 43.3 Å². The second-order valence-electron chi connectivity index (χ2n) is 5.27. The van der Waals surface area contributed by atoms with E-state index in [0.29, 0.717) is 41.4 Å². The van der Waals surface area contributed by atoms with E-state index < -0.39 is 5.97 Å². The lowest BCUT2D eigenvalue weighted by Gasteiger charge is -2.12. The van der Waals surface area contributed by atoms with Gasteiger partial charge in [0.25, 0.3) is 0 Å². The smallest absolute Gasteiger partial charge is 0.349 e. The summed E-state index contributed by atoms with van der Waals surface area (Å²) in [5.74, 6) is 0.506. The molecule has 6 heteroatoms. The highest BCUT2D eigenvalue weighted by molar-refractivity contribution is 5.95. The van der Waals surface area contributed by atoms with Crippen LogP contribution in [0.25, 0.3) is 0 Å². The van der Waals surface area contributed by atoms with E-state index in [9.17, 15) is 9.59 Å². The lowest BCUT2D eigenvalue weighted by atomic mass is 10.1. The van der Waals surface area contributed by atoms with Gasteiger partial charge in [-0.15, -0.1) is 0 Å². The summed E-state index contributed by atoms with van der Waals surface area (Å²) in [7, 11) is 0. The minimum absolute atomic E-state index is 0.0236. The fourth-order valence-electron chi connectivity index (χ4n) is 2.18. The van der Waals surface area contributed by atoms with Crippen LogP contribution in [0, 0.1) is 11.3 Å². The Bertz CT molecular complexity index is 821. The van der Waals surface area contributed by atoms with E-state index in [1.54, 1.807) is 49.4 Å². The van der Waals surface area contributed by atoms with Crippen molar-refractivity contribution in [2.75, 3.05) is 13.2 Å². The molecule has 2 aromatic rings. The Morgan fingerprint density at radius 3 is 2.35 bits per heavy atom. The molecule has 0 aromatic heterocycles. The second-order valence-corrected chi connectivity index (χ2v) is 5.27. The number of ether oxygens (including phenoxy) is 3. The van der Waals surface area contributed by atoms with Gasteiger partial charge in [-0.1, -0.05) is 6.92 Å². The third kappa shape index (κ3) is 5.08. The molecule has 0 saturated heterocycles. The SMILES string of the molecule is CCOc1cc(C#N)ccc1OCC(=O)Oc1ccc(C(=O)CC)cc1. The molecular formula is C20H19NO5. The third-order valence-corrected chi connectivity index (χ3v) is 3.45. The number of Topliss-reactive ketones (excluding diaryl/α,β-unsaturated/α-hetero) is 1. The molecule has 0 fully saturated rings. The number of benzene rings is 2. The van der Waals surface area contributed by atoms with Gasteiger partial charge in [-0.25, -0.2) is 4.79 Å². The summed E-state index contributed by atoms with van der Waals surface area (Å²) in [5, 5.41) is 8.93. The molecule has 0 aliphatic heterocycles. The molecule has 0 heterocycles. The zero-order valence-corrected chi connectivity index (χ0v) is 14.7. The van der Waals surface area contributed by atoms with Crippen LogP contribution in [0.4, 0.5) is 0 Å². The number of nitriles is 1. The number of nitrogens with zero attached hydrogens (tertiary/aromatic N) is 1. The van der Waals surface area contributed by atoms with Crippen molar-refractivity contribution in [3.8, 4) is 23.3 Å². The fourth-order valence-corrected chi connectivity index (χ4v) is 2.18. The van der Waals surface area contributed by atoms with E-state index in [-0.39, 0.29) is 12.4 Å². The van der Waals surface area contributed by atoms with Crippen molar-refractivity contribution >= 4 is 11.8 Å². The van der Waals surface area contributed by atoms with E-state index in [2.05, 4.69) is 0 Å². The maximum atomic E-state index is 11.9. The van der Waals surface area contributed by atoms with Gasteiger partial charge in [-0.3, -0.25) is 4.79 Å². The minimum Gasteiger partial charge on any atom is -0.490 e. The van der Waals surface area contributed by atoms with Crippen molar-refractivity contribution < 1.29 is 23.8 Å². The summed E-state index contributed by atoms with van der Waals surface area (Å²) < 4.78 is 16.0. The molecule has 0 saturated carbocycles. The Morgan fingerprint density at radius 2 is 1.73 bits per heavy atom. The van der Waals surface area contributed by atoms with Crippen LogP contribution in [0.2, 0.25) is 0 Å². The third-order valence-electron chi connectivity index (χ3n) is 3.45. The number of carbonyl (C=O) groups is 2. The summed E-state index contributed by atoms with van der Waals surface area (Å²) in [6, 6.07) is 13.1. The summed E-state index contributed by atoms with van der Waals surface area (Å²) in [4.78, 5) is 23.5. The van der Waals surface area contributed by atoms with Crippen LogP contribution in [-0.2, 0) is 4.79 Å². The van der Waals surface area contributed by atoms with E-state index in [4.69, 9.17) is 19.5 Å². The number of hydrogen-bond acceptors (Lipinski definition) is 6. The predicted octanol–water partition coefficient (Wildman–Crippen LogP) is 3.53. The normalized spacial score (nSPS) is 9.88. The van der Waals surface area contributed by atoms with Crippen LogP contribution in [-0.4, -0.2) is 25.0 Å². The van der Waals surface area contributed by atoms with Crippen molar-refractivity contribution in [1.82, 2.24) is 0 Å². The minimum atomic E-state index is -0.591. The molecule has 0 amide bonds. The number of esters is 1. The van der Waals surface area contributed by atoms with Crippen molar-refractivity contribution in [2.45, 2.75) is 20.3 Å². The van der Waals surface area contributed by atoms with Gasteiger partial charge in [-0.2, -0.15) is 5.26 Å². The molecule has 0 aliphatic carbocycles. The van der Waals surface area contributed by atoms with Crippen LogP contribution in [0.15, 0.2) is 42.5 Å². The molecule has 134 valence electrons. The molecule has 0 N–H and O–H groups in total. The molecule has 2 rings (SSSR count). The largest absolute Gasteiger partial charge is 0.490 e. The van der Waals surface area contributed by atoms with E-state index in [1.807, 2.05) is 13.0 Å². The molecule has 26 heavy (non-hydrogen) atoms. The number of ketones is 1. The maximum absolute atomic E-state index is 11.9. The molecule has 2 aromatic carbocycles. The first-order chi connectivity index (χ1) is 12.6. The first-order valence-electron chi connectivity index (χ1n) is 8.21. The maximum Gasteiger partial charge on any atom is 0.349 e. The van der Waals surface area contributed by atoms with E-state index in [0.717, 1.165) is 0 Å². The van der Waals surface area contributed by atoms with Crippen molar-refractivity contribution in [3.05, 3.63) is 53.6 Å². The lowest BCUT2D eigenvalue weighted by Crippen LogP contribution is -2.18. The molecule has 0 spiro atoms. The lowest BCUT2D eigenvalue weighted by molar-refractivity contribution is -0.136. The summed E-state index contributed by atoms with van der Waals surface area (Å²) >= 11 is 0. The predicted molar refractivity (Wildman–Crippen MR) is 94.5 cm³/mol. The average molecular weight is 353 g/mol. The van der Waals surface area contributed by atoms with E-state index >= 15 is 0 Å². The molecule has 0 unspecified atom stereocenters. The molecule has 0 atom stereocenters. The highest BCUT2D eigenvalue weighted by Crippen LogP contribution is 2.28. The summed E-state index contributed by atoms with van der Waals surface area (Å²) in [6.45, 7) is 3.68. The molecule has 0 bridgehead atoms. The Labute approximate surface area is 151 Å². The van der Waals surface area contributed by atoms with Gasteiger partial charge < -0.3 is 14.2 Å². The first-order valence-corrected chi connectivity index (χ1v) is 8.21. The Balaban J connectivity index is 1.96. The molecular weight excluding hydrogens is 334 g/mol. The average Bonchev–Trinajstić information content (AvgIpc) is 2.67. The van der Waals surface area contributed by atoms with Crippen LogP contribution in [0.5, 0.6) is 17.2 Å². The van der Waals surface area contributed by atoms with Crippen LogP contribution >= 0.6 is 0 Å². The molecule has 6 nitrogen and oxygen atoms in total. The highest BCUT2D eigenvalue weighted by Gasteiger charge is 2.11. The van der Waals surface area contributed by atoms with Gasteiger partial charge >= 0.3 is 5.97 Å². The Kier molecular flexibility index (Phi) is 6.75. The number of carbonyl (C=O) groups excluding carboxylic acids is 2. The molecule has 0 aliphatic rings. The fraction of sp³-hybridized carbons (Fsp3) is 0.250. The number of rotatable bonds is 8. The van der Waals surface area contributed by atoms with Crippen LogP contribution < -0.4 is 14.2 Å². The van der Waals surface area contributed by atoms with E-state index in [1.165, 1.54) is 0 Å². The van der Waals surface area contributed by atoms with Gasteiger partial charge in [0.05, 0.1) is 18.2 Å². The topological polar surface area (TPSA) is 85.6 Å². The standard InChI is InChI=1S/C20H19NO5/c1-3-17(22)15-6-8-16(9-7-15)26-20(23)13-25-18-10-5-14(12-21)11-19(18)24-4-2/h5-11H,3-4,13H2,1-2H3. The highest BCUT2D eigenvalue weighted by atomic mass is 16.6. The van der Waals surface area contributed by atoms with Crippen molar-refractivity contribution in [3.63, 3.8) is 0 Å². The number of hydrogen-bond donors (Lipinski definition) is 0. The Morgan fingerprint density at radius 1 is 1.00 bits per heavy atom. The monoisotopic (exact) mass is 353 g/mol. The molecule has 0 radical (unpaired) electrons. The summed E-state index contributed by atoms with van der Waals surface area (Å²) in [5.41, 5.74) is 1.01. The van der Waals surface area contributed by atoms with Gasteiger partial charge in [0.15, 0.2) is 23.9 Å². The van der Waals surface area contributed by atoms with Gasteiger partial charge in [0, 0.05) is 18.1 Å². The Hall–Kier alpha value is -3.33. The zero-order chi connectivity index (χ0) is 18.9. The first kappa shape index (κ1) is 19.0. The van der Waals surface area contributed by atoms with Gasteiger partial charge in [0.2, 0.25) is 0 Å². The zero-order valence-electron chi connectivity index (χ0n) is 14.7.